The number of likely N-dealkylation sites (tertiary alicyclic amines) is 1. The molecule has 4 nitrogen and oxygen atoms in total. The van der Waals surface area contributed by atoms with Crippen molar-refractivity contribution in [1.82, 2.24) is 10.2 Å². The molecular weight excluding hydrogens is 271 g/mol. The summed E-state index contributed by atoms with van der Waals surface area (Å²) in [4.78, 5) is 13.9. The summed E-state index contributed by atoms with van der Waals surface area (Å²) in [6.07, 6.45) is 8.46. The fraction of sp³-hybridized carbons (Fsp3) is 0.938. The van der Waals surface area contributed by atoms with E-state index < -0.39 is 12.3 Å². The Balaban J connectivity index is 1.89. The minimum absolute atomic E-state index is 0.0127. The molecule has 1 saturated heterocycles. The zero-order chi connectivity index (χ0) is 15.3. The Labute approximate surface area is 127 Å². The highest BCUT2D eigenvalue weighted by Gasteiger charge is 2.40. The van der Waals surface area contributed by atoms with Crippen molar-refractivity contribution in [2.45, 2.75) is 70.0 Å². The molecule has 1 aliphatic heterocycles. The van der Waals surface area contributed by atoms with Crippen molar-refractivity contribution >= 4 is 6.03 Å². The van der Waals surface area contributed by atoms with Crippen LogP contribution in [0.5, 0.6) is 0 Å². The first kappa shape index (κ1) is 16.5. The minimum atomic E-state index is -1.61. The van der Waals surface area contributed by atoms with Gasteiger partial charge in [-0.1, -0.05) is 32.6 Å². The van der Waals surface area contributed by atoms with Gasteiger partial charge in [0.15, 0.2) is 5.67 Å². The lowest BCUT2D eigenvalue weighted by molar-refractivity contribution is 0.0800. The molecule has 5 heteroatoms. The van der Waals surface area contributed by atoms with Gasteiger partial charge >= 0.3 is 6.03 Å². The molecule has 0 aromatic rings. The van der Waals surface area contributed by atoms with Crippen molar-refractivity contribution in [3.8, 4) is 0 Å². The molecule has 122 valence electrons. The second-order valence-corrected chi connectivity index (χ2v) is 6.72. The van der Waals surface area contributed by atoms with Gasteiger partial charge in [-0.05, 0) is 25.2 Å². The maximum atomic E-state index is 14.0. The van der Waals surface area contributed by atoms with Crippen molar-refractivity contribution in [3.63, 3.8) is 0 Å². The van der Waals surface area contributed by atoms with Gasteiger partial charge in [0.1, 0.15) is 0 Å². The molecule has 2 atom stereocenters. The SMILES string of the molecule is CCC[C@H](NC(=O)N1CC[C@@](F)(CO)C1)C1CCCCC1. The molecule has 1 heterocycles. The van der Waals surface area contributed by atoms with E-state index in [-0.39, 0.29) is 25.0 Å². The molecule has 0 bridgehead atoms. The van der Waals surface area contributed by atoms with E-state index in [9.17, 15) is 9.18 Å². The Bertz CT molecular complexity index is 347. The molecule has 0 radical (unpaired) electrons. The number of nitrogens with zero attached hydrogens (tertiary/aromatic N) is 1. The lowest BCUT2D eigenvalue weighted by Gasteiger charge is -2.32. The smallest absolute Gasteiger partial charge is 0.317 e. The van der Waals surface area contributed by atoms with Crippen molar-refractivity contribution in [2.24, 2.45) is 5.92 Å². The lowest BCUT2D eigenvalue weighted by atomic mass is 9.82. The lowest BCUT2D eigenvalue weighted by Crippen LogP contribution is -2.48. The number of aliphatic hydroxyl groups excluding tert-OH is 1. The molecule has 2 rings (SSSR count). The van der Waals surface area contributed by atoms with Crippen LogP contribution in [0.25, 0.3) is 0 Å². The number of carbonyl (C=O) groups is 1. The summed E-state index contributed by atoms with van der Waals surface area (Å²) in [6, 6.07) is 0.0542. The number of alkyl halides is 1. The first-order chi connectivity index (χ1) is 10.1. The van der Waals surface area contributed by atoms with Crippen molar-refractivity contribution in [2.75, 3.05) is 19.7 Å². The van der Waals surface area contributed by atoms with Gasteiger partial charge in [0.2, 0.25) is 0 Å². The van der Waals surface area contributed by atoms with Crippen LogP contribution in [0, 0.1) is 5.92 Å². The molecule has 21 heavy (non-hydrogen) atoms. The van der Waals surface area contributed by atoms with Crippen LogP contribution in [0.4, 0.5) is 9.18 Å². The average molecular weight is 300 g/mol. The van der Waals surface area contributed by atoms with E-state index >= 15 is 0 Å². The van der Waals surface area contributed by atoms with Gasteiger partial charge in [0.25, 0.3) is 0 Å². The molecule has 1 aliphatic carbocycles. The Kier molecular flexibility index (Phi) is 5.85. The first-order valence-corrected chi connectivity index (χ1v) is 8.43. The normalized spacial score (nSPS) is 28.6. The number of aliphatic hydroxyl groups is 1. The van der Waals surface area contributed by atoms with Gasteiger partial charge in [-0.25, -0.2) is 9.18 Å². The number of carbonyl (C=O) groups excluding carboxylic acids is 1. The molecule has 2 N–H and O–H groups in total. The number of hydrogen-bond acceptors (Lipinski definition) is 2. The molecule has 0 spiro atoms. The number of urea groups is 1. The van der Waals surface area contributed by atoms with Crippen LogP contribution in [-0.4, -0.2) is 47.4 Å². The number of hydrogen-bond donors (Lipinski definition) is 2. The summed E-state index contributed by atoms with van der Waals surface area (Å²) >= 11 is 0. The van der Waals surface area contributed by atoms with Crippen molar-refractivity contribution < 1.29 is 14.3 Å². The fourth-order valence-electron chi connectivity index (χ4n) is 3.66. The summed E-state index contributed by atoms with van der Waals surface area (Å²) < 4.78 is 14.0. The van der Waals surface area contributed by atoms with Crippen molar-refractivity contribution in [3.05, 3.63) is 0 Å². The van der Waals surface area contributed by atoms with Crippen LogP contribution in [0.15, 0.2) is 0 Å². The highest BCUT2D eigenvalue weighted by molar-refractivity contribution is 5.75. The van der Waals surface area contributed by atoms with Crippen LogP contribution in [0.2, 0.25) is 0 Å². The molecule has 1 saturated carbocycles. The average Bonchev–Trinajstić information content (AvgIpc) is 2.91. The topological polar surface area (TPSA) is 52.6 Å². The Morgan fingerprint density at radius 1 is 1.43 bits per heavy atom. The molecule has 0 unspecified atom stereocenters. The van der Waals surface area contributed by atoms with Crippen LogP contribution in [-0.2, 0) is 0 Å². The summed E-state index contributed by atoms with van der Waals surface area (Å²) in [5.74, 6) is 0.568. The highest BCUT2D eigenvalue weighted by atomic mass is 19.1. The summed E-state index contributed by atoms with van der Waals surface area (Å²) in [5.41, 5.74) is -1.61. The first-order valence-electron chi connectivity index (χ1n) is 8.43. The third kappa shape index (κ3) is 4.31. The zero-order valence-electron chi connectivity index (χ0n) is 13.1. The Hall–Kier alpha value is -0.840. The molecule has 2 fully saturated rings. The fourth-order valence-corrected chi connectivity index (χ4v) is 3.66. The molecule has 0 aromatic carbocycles. The monoisotopic (exact) mass is 300 g/mol. The van der Waals surface area contributed by atoms with E-state index in [1.54, 1.807) is 0 Å². The van der Waals surface area contributed by atoms with E-state index in [0.29, 0.717) is 12.5 Å². The predicted octanol–water partition coefficient (Wildman–Crippen LogP) is 2.85. The van der Waals surface area contributed by atoms with Gasteiger partial charge in [-0.15, -0.1) is 0 Å². The maximum absolute atomic E-state index is 14.0. The number of rotatable bonds is 5. The molecular formula is C16H29FN2O2. The van der Waals surface area contributed by atoms with Crippen LogP contribution < -0.4 is 5.32 Å². The Morgan fingerprint density at radius 3 is 2.71 bits per heavy atom. The zero-order valence-corrected chi connectivity index (χ0v) is 13.1. The predicted molar refractivity (Wildman–Crippen MR) is 80.9 cm³/mol. The second kappa shape index (κ2) is 7.43. The molecule has 2 aliphatic rings. The van der Waals surface area contributed by atoms with Crippen molar-refractivity contribution in [1.29, 1.82) is 0 Å². The van der Waals surface area contributed by atoms with Crippen LogP contribution >= 0.6 is 0 Å². The molecule has 2 amide bonds. The number of nitrogens with one attached hydrogen (secondary N) is 1. The largest absolute Gasteiger partial charge is 0.393 e. The quantitative estimate of drug-likeness (QED) is 0.820. The third-order valence-electron chi connectivity index (χ3n) is 5.00. The van der Waals surface area contributed by atoms with Crippen LogP contribution in [0.1, 0.15) is 58.3 Å². The summed E-state index contributed by atoms with van der Waals surface area (Å²) in [5, 5.41) is 12.2. The number of amides is 2. The van der Waals surface area contributed by atoms with E-state index in [1.165, 1.54) is 37.0 Å². The Morgan fingerprint density at radius 2 is 2.14 bits per heavy atom. The van der Waals surface area contributed by atoms with Gasteiger partial charge < -0.3 is 15.3 Å². The van der Waals surface area contributed by atoms with E-state index in [1.807, 2.05) is 0 Å². The van der Waals surface area contributed by atoms with E-state index in [4.69, 9.17) is 5.11 Å². The van der Waals surface area contributed by atoms with E-state index in [2.05, 4.69) is 12.2 Å². The van der Waals surface area contributed by atoms with Crippen LogP contribution in [0.3, 0.4) is 0 Å². The van der Waals surface area contributed by atoms with Gasteiger partial charge in [0, 0.05) is 19.0 Å². The van der Waals surface area contributed by atoms with E-state index in [0.717, 1.165) is 12.8 Å². The number of halogens is 1. The molecule has 0 aromatic heterocycles. The second-order valence-electron chi connectivity index (χ2n) is 6.72. The maximum Gasteiger partial charge on any atom is 0.317 e. The summed E-state index contributed by atoms with van der Waals surface area (Å²) in [6.45, 7) is 2.04. The van der Waals surface area contributed by atoms with Gasteiger partial charge in [-0.3, -0.25) is 0 Å². The summed E-state index contributed by atoms with van der Waals surface area (Å²) in [7, 11) is 0. The standard InChI is InChI=1S/C16H29FN2O2/c1-2-6-14(13-7-4-3-5-8-13)18-15(21)19-10-9-16(17,11-19)12-20/h13-14,20H,2-12H2,1H3,(H,18,21)/t14-,16-/m0/s1. The third-order valence-corrected chi connectivity index (χ3v) is 5.00. The van der Waals surface area contributed by atoms with Gasteiger partial charge in [0.05, 0.1) is 13.2 Å². The highest BCUT2D eigenvalue weighted by Crippen LogP contribution is 2.29. The minimum Gasteiger partial charge on any atom is -0.393 e. The van der Waals surface area contributed by atoms with Gasteiger partial charge in [-0.2, -0.15) is 0 Å².